The van der Waals surface area contributed by atoms with E-state index in [9.17, 15) is 13.6 Å². The summed E-state index contributed by atoms with van der Waals surface area (Å²) in [5, 5.41) is 8.46. The quantitative estimate of drug-likeness (QED) is 0.437. The third kappa shape index (κ3) is 30.3. The first-order chi connectivity index (χ1) is 9.50. The van der Waals surface area contributed by atoms with Gasteiger partial charge in [0.1, 0.15) is 0 Å². The maximum absolute atomic E-state index is 10.3. The van der Waals surface area contributed by atoms with Crippen LogP contribution < -0.4 is 0 Å². The van der Waals surface area contributed by atoms with Gasteiger partial charge in [-0.15, -0.1) is 0 Å². The Hall–Kier alpha value is -0.930. The van der Waals surface area contributed by atoms with Crippen LogP contribution in [0.1, 0.15) is 84.0 Å². The molecule has 0 radical (unpaired) electrons. The monoisotopic (exact) mass is 292 g/mol. The highest BCUT2D eigenvalue weighted by Gasteiger charge is 1.96. The smallest absolute Gasteiger partial charge is 0.303 e. The molecule has 0 atom stereocenters. The largest absolute Gasteiger partial charge is 0.481 e. The lowest BCUT2D eigenvalue weighted by Gasteiger charge is -2.01. The SMILES string of the molecule is C=C(F)F.CCCCCCCCCCCCCC(=O)O. The molecule has 2 nitrogen and oxygen atoms in total. The van der Waals surface area contributed by atoms with Gasteiger partial charge in [-0.2, -0.15) is 8.78 Å². The van der Waals surface area contributed by atoms with Crippen LogP contribution in [0, 0.1) is 0 Å². The maximum atomic E-state index is 10.3. The van der Waals surface area contributed by atoms with Gasteiger partial charge in [-0.3, -0.25) is 4.79 Å². The fourth-order valence-electron chi connectivity index (χ4n) is 1.94. The number of hydrogen-bond acceptors (Lipinski definition) is 1. The van der Waals surface area contributed by atoms with Gasteiger partial charge in [0, 0.05) is 6.42 Å². The molecule has 0 heterocycles. The summed E-state index contributed by atoms with van der Waals surface area (Å²) < 4.78 is 20.3. The van der Waals surface area contributed by atoms with Crippen molar-refractivity contribution >= 4 is 5.97 Å². The van der Waals surface area contributed by atoms with Crippen LogP contribution in [0.3, 0.4) is 0 Å². The summed E-state index contributed by atoms with van der Waals surface area (Å²) >= 11 is 0. The van der Waals surface area contributed by atoms with E-state index in [0.717, 1.165) is 12.8 Å². The molecule has 0 aromatic rings. The molecule has 0 aromatic heterocycles. The molecule has 4 heteroatoms. The molecular weight excluding hydrogens is 262 g/mol. The molecule has 0 unspecified atom stereocenters. The van der Waals surface area contributed by atoms with Crippen molar-refractivity contribution in [3.63, 3.8) is 0 Å². The maximum Gasteiger partial charge on any atom is 0.303 e. The summed E-state index contributed by atoms with van der Waals surface area (Å²) in [6.45, 7) is 4.47. The summed E-state index contributed by atoms with van der Waals surface area (Å²) in [6.07, 6.45) is 12.5. The zero-order valence-electron chi connectivity index (χ0n) is 12.8. The predicted molar refractivity (Wildman–Crippen MR) is 80.1 cm³/mol. The predicted octanol–water partition coefficient (Wildman–Crippen LogP) is 6.17. The van der Waals surface area contributed by atoms with Gasteiger partial charge in [0.2, 0.25) is 0 Å². The summed E-state index contributed by atoms with van der Waals surface area (Å²) in [4.78, 5) is 10.3. The van der Waals surface area contributed by atoms with Gasteiger partial charge >= 0.3 is 5.97 Å². The lowest BCUT2D eigenvalue weighted by molar-refractivity contribution is -0.137. The van der Waals surface area contributed by atoms with Crippen LogP contribution in [0.2, 0.25) is 0 Å². The Labute approximate surface area is 122 Å². The van der Waals surface area contributed by atoms with E-state index in [4.69, 9.17) is 5.11 Å². The molecule has 0 fully saturated rings. The van der Waals surface area contributed by atoms with Crippen LogP contribution in [0.4, 0.5) is 8.78 Å². The van der Waals surface area contributed by atoms with Crippen LogP contribution in [0.15, 0.2) is 12.7 Å². The molecule has 0 saturated heterocycles. The molecule has 0 spiro atoms. The van der Waals surface area contributed by atoms with Gasteiger partial charge in [0.05, 0.1) is 0 Å². The van der Waals surface area contributed by atoms with Crippen LogP contribution in [-0.2, 0) is 4.79 Å². The minimum Gasteiger partial charge on any atom is -0.481 e. The third-order valence-electron chi connectivity index (χ3n) is 2.99. The summed E-state index contributed by atoms with van der Waals surface area (Å²) in [5.41, 5.74) is 0. The fraction of sp³-hybridized carbons (Fsp3) is 0.812. The van der Waals surface area contributed by atoms with Crippen LogP contribution in [-0.4, -0.2) is 11.1 Å². The molecule has 0 saturated carbocycles. The highest BCUT2D eigenvalue weighted by Crippen LogP contribution is 2.11. The normalized spacial score (nSPS) is 9.75. The molecule has 0 aliphatic heterocycles. The zero-order chi connectivity index (χ0) is 15.6. The topological polar surface area (TPSA) is 37.3 Å². The second-order valence-corrected chi connectivity index (χ2v) is 5.02. The number of halogens is 2. The van der Waals surface area contributed by atoms with Gasteiger partial charge < -0.3 is 5.11 Å². The van der Waals surface area contributed by atoms with E-state index in [0.29, 0.717) is 6.42 Å². The van der Waals surface area contributed by atoms with Crippen molar-refractivity contribution < 1.29 is 18.7 Å². The van der Waals surface area contributed by atoms with Crippen molar-refractivity contribution in [1.29, 1.82) is 0 Å². The van der Waals surface area contributed by atoms with Crippen molar-refractivity contribution in [2.24, 2.45) is 0 Å². The average Bonchev–Trinajstić information content (AvgIpc) is 2.35. The van der Waals surface area contributed by atoms with Gasteiger partial charge in [-0.05, 0) is 13.0 Å². The fourth-order valence-corrected chi connectivity index (χ4v) is 1.94. The van der Waals surface area contributed by atoms with E-state index in [1.54, 1.807) is 0 Å². The van der Waals surface area contributed by atoms with Gasteiger partial charge in [-0.25, -0.2) is 0 Å². The van der Waals surface area contributed by atoms with E-state index in [1.807, 2.05) is 0 Å². The number of carboxylic acids is 1. The molecule has 0 aliphatic rings. The van der Waals surface area contributed by atoms with E-state index >= 15 is 0 Å². The van der Waals surface area contributed by atoms with Gasteiger partial charge in [0.15, 0.2) is 0 Å². The molecule has 0 aromatic carbocycles. The lowest BCUT2D eigenvalue weighted by atomic mass is 10.1. The van der Waals surface area contributed by atoms with Crippen molar-refractivity contribution in [2.75, 3.05) is 0 Å². The van der Waals surface area contributed by atoms with Gasteiger partial charge in [-0.1, -0.05) is 71.1 Å². The second-order valence-electron chi connectivity index (χ2n) is 5.02. The third-order valence-corrected chi connectivity index (χ3v) is 2.99. The first-order valence-corrected chi connectivity index (χ1v) is 7.72. The Kier molecular flexibility index (Phi) is 19.3. The molecule has 0 amide bonds. The second kappa shape index (κ2) is 18.1. The first kappa shape index (κ1) is 21.4. The van der Waals surface area contributed by atoms with Gasteiger partial charge in [0.25, 0.3) is 6.08 Å². The molecule has 0 bridgehead atoms. The van der Waals surface area contributed by atoms with Crippen LogP contribution in [0.5, 0.6) is 0 Å². The number of carbonyl (C=O) groups is 1. The number of unbranched alkanes of at least 4 members (excludes halogenated alkanes) is 10. The number of rotatable bonds is 12. The standard InChI is InChI=1S/C14H28O2.C2H2F2/c1-2-3-4-5-6-7-8-9-10-11-12-13-14(15)16;1-2(3)4/h2-13H2,1H3,(H,15,16);1H2. The Morgan fingerprint density at radius 3 is 1.45 bits per heavy atom. The Morgan fingerprint density at radius 1 is 0.850 bits per heavy atom. The van der Waals surface area contributed by atoms with Crippen molar-refractivity contribution in [2.45, 2.75) is 84.0 Å². The van der Waals surface area contributed by atoms with E-state index in [1.165, 1.54) is 57.8 Å². The Morgan fingerprint density at radius 2 is 1.15 bits per heavy atom. The van der Waals surface area contributed by atoms with Crippen molar-refractivity contribution in [3.8, 4) is 0 Å². The van der Waals surface area contributed by atoms with Crippen LogP contribution in [0.25, 0.3) is 0 Å². The Balaban J connectivity index is 0. The van der Waals surface area contributed by atoms with E-state index in [-0.39, 0.29) is 0 Å². The van der Waals surface area contributed by atoms with E-state index < -0.39 is 12.0 Å². The molecular formula is C16H30F2O2. The molecule has 120 valence electrons. The molecule has 20 heavy (non-hydrogen) atoms. The number of hydrogen-bond donors (Lipinski definition) is 1. The average molecular weight is 292 g/mol. The first-order valence-electron chi connectivity index (χ1n) is 7.72. The van der Waals surface area contributed by atoms with Crippen LogP contribution >= 0.6 is 0 Å². The highest BCUT2D eigenvalue weighted by atomic mass is 19.3. The minimum absolute atomic E-state index is 0.344. The zero-order valence-corrected chi connectivity index (χ0v) is 12.8. The molecule has 1 N–H and O–H groups in total. The highest BCUT2D eigenvalue weighted by molar-refractivity contribution is 5.66. The molecule has 0 aliphatic carbocycles. The molecule has 0 rings (SSSR count). The minimum atomic E-state index is -1.83. The summed E-state index contributed by atoms with van der Waals surface area (Å²) in [7, 11) is 0. The van der Waals surface area contributed by atoms with Crippen molar-refractivity contribution in [3.05, 3.63) is 12.7 Å². The number of aliphatic carboxylic acids is 1. The van der Waals surface area contributed by atoms with E-state index in [2.05, 4.69) is 13.5 Å². The summed E-state index contributed by atoms with van der Waals surface area (Å²) in [5.74, 6) is -0.657. The van der Waals surface area contributed by atoms with Crippen molar-refractivity contribution in [1.82, 2.24) is 0 Å². The summed E-state index contributed by atoms with van der Waals surface area (Å²) in [6, 6.07) is 0. The Bertz CT molecular complexity index is 227. The lowest BCUT2D eigenvalue weighted by Crippen LogP contribution is -1.93. The number of carboxylic acid groups (broad SMARTS) is 1.